The topological polar surface area (TPSA) is 21.3 Å². The summed E-state index contributed by atoms with van der Waals surface area (Å²) in [5.41, 5.74) is 0. The van der Waals surface area contributed by atoms with E-state index in [1.165, 1.54) is 0 Å². The molecule has 0 fully saturated rings. The monoisotopic (exact) mass is 157 g/mol. The first kappa shape index (κ1) is 7.17. The Hall–Kier alpha value is -0.940. The van der Waals surface area contributed by atoms with Crippen molar-refractivity contribution in [3.63, 3.8) is 0 Å². The normalized spacial score (nSPS) is 26.8. The van der Waals surface area contributed by atoms with Gasteiger partial charge in [-0.1, -0.05) is 0 Å². The minimum absolute atomic E-state index is 0.470. The minimum Gasteiger partial charge on any atom is -0.433 e. The number of hydrogen-bond donors (Lipinski definition) is 1. The van der Waals surface area contributed by atoms with Crippen LogP contribution < -0.4 is 5.32 Å². The molecule has 58 valence electrons. The van der Waals surface area contributed by atoms with Crippen molar-refractivity contribution in [1.82, 2.24) is 5.32 Å². The van der Waals surface area contributed by atoms with Crippen molar-refractivity contribution in [2.75, 3.05) is 0 Å². The highest BCUT2D eigenvalue weighted by Crippen LogP contribution is 2.34. The zero-order valence-electron chi connectivity index (χ0n) is 4.57. The molecule has 1 aliphatic heterocycles. The molecule has 1 N–H and O–H groups in total. The van der Waals surface area contributed by atoms with E-state index >= 15 is 0 Å². The van der Waals surface area contributed by atoms with Gasteiger partial charge in [-0.05, 0) is 0 Å². The van der Waals surface area contributed by atoms with Gasteiger partial charge in [0, 0.05) is 6.20 Å². The molecule has 10 heavy (non-hydrogen) atoms. The van der Waals surface area contributed by atoms with E-state index in [0.717, 1.165) is 5.32 Å². The molecular formula is C4H3F4NO. The Morgan fingerprint density at radius 3 is 2.10 bits per heavy atom. The first-order valence-corrected chi connectivity index (χ1v) is 2.32. The molecule has 0 amide bonds. The second-order valence-corrected chi connectivity index (χ2v) is 1.66. The van der Waals surface area contributed by atoms with E-state index in [9.17, 15) is 17.6 Å². The summed E-state index contributed by atoms with van der Waals surface area (Å²) in [7, 11) is 0. The van der Waals surface area contributed by atoms with E-state index in [1.807, 2.05) is 0 Å². The third kappa shape index (κ3) is 0.891. The molecular weight excluding hydrogens is 154 g/mol. The molecule has 1 aliphatic rings. The van der Waals surface area contributed by atoms with Crippen molar-refractivity contribution in [3.05, 3.63) is 12.5 Å². The molecule has 0 unspecified atom stereocenters. The summed E-state index contributed by atoms with van der Waals surface area (Å²) in [6, 6.07) is -4.32. The van der Waals surface area contributed by atoms with Crippen LogP contribution in [0.2, 0.25) is 0 Å². The molecule has 0 saturated carbocycles. The summed E-state index contributed by atoms with van der Waals surface area (Å²) in [4.78, 5) is 0. The third-order valence-electron chi connectivity index (χ3n) is 0.914. The second kappa shape index (κ2) is 1.77. The van der Waals surface area contributed by atoms with E-state index < -0.39 is 12.2 Å². The molecule has 0 atom stereocenters. The lowest BCUT2D eigenvalue weighted by atomic mass is 10.5. The highest BCUT2D eigenvalue weighted by atomic mass is 19.3. The molecule has 0 aromatic rings. The zero-order valence-corrected chi connectivity index (χ0v) is 4.57. The highest BCUT2D eigenvalue weighted by molar-refractivity contribution is 4.89. The maximum atomic E-state index is 11.9. The predicted molar refractivity (Wildman–Crippen MR) is 23.3 cm³/mol. The molecule has 1 heterocycles. The number of alkyl halides is 4. The van der Waals surface area contributed by atoms with Gasteiger partial charge in [0.15, 0.2) is 0 Å². The van der Waals surface area contributed by atoms with E-state index in [1.54, 1.807) is 0 Å². The standard InChI is InChI=1S/C4H3F4NO/c5-3(6)4(7,8)10-2-1-9-3/h1-2,9H. The highest BCUT2D eigenvalue weighted by Gasteiger charge is 2.60. The van der Waals surface area contributed by atoms with Crippen LogP contribution in [0.15, 0.2) is 12.5 Å². The van der Waals surface area contributed by atoms with Gasteiger partial charge in [-0.3, -0.25) is 0 Å². The third-order valence-corrected chi connectivity index (χ3v) is 0.914. The van der Waals surface area contributed by atoms with Crippen LogP contribution in [0.1, 0.15) is 0 Å². The van der Waals surface area contributed by atoms with Crippen molar-refractivity contribution >= 4 is 0 Å². The lowest BCUT2D eigenvalue weighted by molar-refractivity contribution is -0.341. The summed E-state index contributed by atoms with van der Waals surface area (Å²) >= 11 is 0. The van der Waals surface area contributed by atoms with Gasteiger partial charge in [0.2, 0.25) is 0 Å². The fourth-order valence-electron chi connectivity index (χ4n) is 0.416. The fourth-order valence-corrected chi connectivity index (χ4v) is 0.416. The van der Waals surface area contributed by atoms with E-state index in [0.29, 0.717) is 12.5 Å². The summed E-state index contributed by atoms with van der Waals surface area (Å²) < 4.78 is 51.0. The van der Waals surface area contributed by atoms with Crippen molar-refractivity contribution in [2.24, 2.45) is 0 Å². The van der Waals surface area contributed by atoms with Gasteiger partial charge >= 0.3 is 12.2 Å². The predicted octanol–water partition coefficient (Wildman–Crippen LogP) is 1.26. The second-order valence-electron chi connectivity index (χ2n) is 1.66. The van der Waals surface area contributed by atoms with Crippen LogP contribution in [0.25, 0.3) is 0 Å². The van der Waals surface area contributed by atoms with Gasteiger partial charge in [0.1, 0.15) is 6.26 Å². The summed E-state index contributed by atoms with van der Waals surface area (Å²) in [6.45, 7) is 0. The van der Waals surface area contributed by atoms with Crippen LogP contribution in [0, 0.1) is 0 Å². The van der Waals surface area contributed by atoms with Crippen molar-refractivity contribution in [2.45, 2.75) is 12.2 Å². The van der Waals surface area contributed by atoms with E-state index in [2.05, 4.69) is 4.74 Å². The Bertz CT molecular complexity index is 149. The molecule has 1 rings (SSSR count). The lowest BCUT2D eigenvalue weighted by Crippen LogP contribution is -2.52. The Kier molecular flexibility index (Phi) is 1.27. The average Bonchev–Trinajstić information content (AvgIpc) is 1.77. The molecule has 0 radical (unpaired) electrons. The van der Waals surface area contributed by atoms with Crippen LogP contribution in [0.5, 0.6) is 0 Å². The van der Waals surface area contributed by atoms with Gasteiger partial charge in [0.05, 0.1) is 0 Å². The maximum absolute atomic E-state index is 11.9. The maximum Gasteiger partial charge on any atom is 0.485 e. The molecule has 6 heteroatoms. The molecule has 0 aromatic carbocycles. The van der Waals surface area contributed by atoms with Crippen molar-refractivity contribution in [1.29, 1.82) is 0 Å². The van der Waals surface area contributed by atoms with Gasteiger partial charge < -0.3 is 10.1 Å². The van der Waals surface area contributed by atoms with Gasteiger partial charge in [0.25, 0.3) is 0 Å². The Balaban J connectivity index is 2.84. The summed E-state index contributed by atoms with van der Waals surface area (Å²) in [5, 5.41) is 1.16. The zero-order chi connectivity index (χ0) is 7.83. The molecule has 0 bridgehead atoms. The van der Waals surface area contributed by atoms with Gasteiger partial charge in [-0.15, -0.1) is 0 Å². The quantitative estimate of drug-likeness (QED) is 0.422. The van der Waals surface area contributed by atoms with Gasteiger partial charge in [-0.2, -0.15) is 17.6 Å². The fraction of sp³-hybridized carbons (Fsp3) is 0.500. The van der Waals surface area contributed by atoms with Crippen molar-refractivity contribution < 1.29 is 22.3 Å². The van der Waals surface area contributed by atoms with Crippen LogP contribution in [0.4, 0.5) is 17.6 Å². The first-order chi connectivity index (χ1) is 4.46. The lowest BCUT2D eigenvalue weighted by Gasteiger charge is -2.27. The number of nitrogens with one attached hydrogen (secondary N) is 1. The summed E-state index contributed by atoms with van der Waals surface area (Å²) in [6.07, 6.45) is -3.38. The minimum atomic E-state index is -4.46. The molecule has 0 saturated heterocycles. The number of hydrogen-bond acceptors (Lipinski definition) is 2. The van der Waals surface area contributed by atoms with Gasteiger partial charge in [-0.25, -0.2) is 0 Å². The van der Waals surface area contributed by atoms with Crippen LogP contribution in [-0.2, 0) is 4.74 Å². The largest absolute Gasteiger partial charge is 0.485 e. The smallest absolute Gasteiger partial charge is 0.433 e. The molecule has 0 aliphatic carbocycles. The van der Waals surface area contributed by atoms with Crippen LogP contribution >= 0.6 is 0 Å². The molecule has 2 nitrogen and oxygen atoms in total. The summed E-state index contributed by atoms with van der Waals surface area (Å²) in [5.74, 6) is 0. The molecule has 0 spiro atoms. The van der Waals surface area contributed by atoms with E-state index in [4.69, 9.17) is 0 Å². The van der Waals surface area contributed by atoms with Crippen molar-refractivity contribution in [3.8, 4) is 0 Å². The number of rotatable bonds is 0. The van der Waals surface area contributed by atoms with E-state index in [-0.39, 0.29) is 0 Å². The Morgan fingerprint density at radius 1 is 1.20 bits per heavy atom. The number of ether oxygens (including phenoxy) is 1. The average molecular weight is 157 g/mol. The molecule has 0 aromatic heterocycles. The van der Waals surface area contributed by atoms with Crippen LogP contribution in [0.3, 0.4) is 0 Å². The SMILES string of the molecule is FC1(F)NC=COC1(F)F. The first-order valence-electron chi connectivity index (χ1n) is 2.32. The Labute approximate surface area is 53.5 Å². The van der Waals surface area contributed by atoms with Crippen LogP contribution in [-0.4, -0.2) is 12.2 Å². The Morgan fingerprint density at radius 2 is 1.80 bits per heavy atom. The number of halogens is 4.